The van der Waals surface area contributed by atoms with Crippen molar-refractivity contribution in [2.24, 2.45) is 5.92 Å². The van der Waals surface area contributed by atoms with Gasteiger partial charge in [-0.05, 0) is 58.2 Å². The van der Waals surface area contributed by atoms with Crippen molar-refractivity contribution in [1.29, 1.82) is 0 Å². The SMILES string of the molecule is CC(CN1CCCCC1)NC(=O)CNCC1CC1. The zero-order chi connectivity index (χ0) is 12.8. The van der Waals surface area contributed by atoms with Gasteiger partial charge >= 0.3 is 0 Å². The van der Waals surface area contributed by atoms with E-state index in [1.54, 1.807) is 0 Å². The smallest absolute Gasteiger partial charge is 0.234 e. The minimum Gasteiger partial charge on any atom is -0.351 e. The maximum absolute atomic E-state index is 11.7. The summed E-state index contributed by atoms with van der Waals surface area (Å²) in [6.45, 7) is 6.97. The van der Waals surface area contributed by atoms with E-state index >= 15 is 0 Å². The summed E-state index contributed by atoms with van der Waals surface area (Å²) in [4.78, 5) is 14.2. The Hall–Kier alpha value is -0.610. The Labute approximate surface area is 110 Å². The first-order chi connectivity index (χ1) is 8.74. The average Bonchev–Trinajstić information content (AvgIpc) is 3.14. The molecule has 1 aliphatic heterocycles. The summed E-state index contributed by atoms with van der Waals surface area (Å²) in [5.41, 5.74) is 0. The highest BCUT2D eigenvalue weighted by molar-refractivity contribution is 5.78. The number of piperidine rings is 1. The Morgan fingerprint density at radius 2 is 2.00 bits per heavy atom. The fourth-order valence-electron chi connectivity index (χ4n) is 2.61. The van der Waals surface area contributed by atoms with Crippen LogP contribution in [-0.2, 0) is 4.79 Å². The van der Waals surface area contributed by atoms with Gasteiger partial charge in [0.15, 0.2) is 0 Å². The Bertz CT molecular complexity index is 260. The number of nitrogens with one attached hydrogen (secondary N) is 2. The molecule has 0 aromatic carbocycles. The Balaban J connectivity index is 1.53. The summed E-state index contributed by atoms with van der Waals surface area (Å²) in [5, 5.41) is 6.31. The van der Waals surface area contributed by atoms with Crippen molar-refractivity contribution in [3.05, 3.63) is 0 Å². The molecule has 104 valence electrons. The molecule has 1 heterocycles. The van der Waals surface area contributed by atoms with Crippen LogP contribution < -0.4 is 10.6 Å². The van der Waals surface area contributed by atoms with E-state index in [1.165, 1.54) is 45.2 Å². The summed E-state index contributed by atoms with van der Waals surface area (Å²) < 4.78 is 0. The number of carbonyl (C=O) groups excluding carboxylic acids is 1. The van der Waals surface area contributed by atoms with Gasteiger partial charge in [-0.25, -0.2) is 0 Å². The molecule has 4 nitrogen and oxygen atoms in total. The Kier molecular flexibility index (Phi) is 5.45. The number of amides is 1. The summed E-state index contributed by atoms with van der Waals surface area (Å²) >= 11 is 0. The summed E-state index contributed by atoms with van der Waals surface area (Å²) in [6.07, 6.45) is 6.65. The lowest BCUT2D eigenvalue weighted by atomic mass is 10.1. The molecule has 1 unspecified atom stereocenters. The van der Waals surface area contributed by atoms with E-state index < -0.39 is 0 Å². The van der Waals surface area contributed by atoms with Crippen LogP contribution in [0.2, 0.25) is 0 Å². The molecule has 2 rings (SSSR count). The molecule has 0 radical (unpaired) electrons. The molecule has 0 bridgehead atoms. The van der Waals surface area contributed by atoms with Crippen LogP contribution in [0.25, 0.3) is 0 Å². The number of carbonyl (C=O) groups is 1. The van der Waals surface area contributed by atoms with Crippen molar-refractivity contribution in [3.8, 4) is 0 Å². The van der Waals surface area contributed by atoms with Crippen LogP contribution in [0.1, 0.15) is 39.0 Å². The van der Waals surface area contributed by atoms with E-state index in [9.17, 15) is 4.79 Å². The van der Waals surface area contributed by atoms with E-state index in [-0.39, 0.29) is 11.9 Å². The van der Waals surface area contributed by atoms with E-state index in [1.807, 2.05) is 0 Å². The van der Waals surface area contributed by atoms with Crippen molar-refractivity contribution in [1.82, 2.24) is 15.5 Å². The second-order valence-electron chi connectivity index (χ2n) is 5.90. The second-order valence-corrected chi connectivity index (χ2v) is 5.90. The largest absolute Gasteiger partial charge is 0.351 e. The lowest BCUT2D eigenvalue weighted by Gasteiger charge is -2.29. The number of rotatable bonds is 7. The van der Waals surface area contributed by atoms with Gasteiger partial charge in [0.25, 0.3) is 0 Å². The van der Waals surface area contributed by atoms with E-state index in [0.29, 0.717) is 6.54 Å². The molecule has 18 heavy (non-hydrogen) atoms. The van der Waals surface area contributed by atoms with Gasteiger partial charge in [0.05, 0.1) is 6.54 Å². The standard InChI is InChI=1S/C14H27N3O/c1-12(11-17-7-3-2-4-8-17)16-14(18)10-15-9-13-5-6-13/h12-13,15H,2-11H2,1H3,(H,16,18). The molecule has 2 fully saturated rings. The highest BCUT2D eigenvalue weighted by atomic mass is 16.1. The van der Waals surface area contributed by atoms with Crippen LogP contribution in [0.15, 0.2) is 0 Å². The summed E-state index contributed by atoms with van der Waals surface area (Å²) in [5.74, 6) is 0.976. The van der Waals surface area contributed by atoms with Crippen LogP contribution in [0.4, 0.5) is 0 Å². The molecule has 0 aromatic heterocycles. The monoisotopic (exact) mass is 253 g/mol. The van der Waals surface area contributed by atoms with Gasteiger partial charge in [0.1, 0.15) is 0 Å². The van der Waals surface area contributed by atoms with Gasteiger partial charge in [0.2, 0.25) is 5.91 Å². The fraction of sp³-hybridized carbons (Fsp3) is 0.929. The first kappa shape index (κ1) is 13.8. The van der Waals surface area contributed by atoms with Crippen LogP contribution in [0.3, 0.4) is 0 Å². The fourth-order valence-corrected chi connectivity index (χ4v) is 2.61. The first-order valence-electron chi connectivity index (χ1n) is 7.46. The predicted molar refractivity (Wildman–Crippen MR) is 73.5 cm³/mol. The van der Waals surface area contributed by atoms with E-state index in [4.69, 9.17) is 0 Å². The van der Waals surface area contributed by atoms with Gasteiger partial charge in [0, 0.05) is 12.6 Å². The van der Waals surface area contributed by atoms with Gasteiger partial charge in [-0.3, -0.25) is 4.79 Å². The molecule has 2 aliphatic rings. The second kappa shape index (κ2) is 7.10. The average molecular weight is 253 g/mol. The number of hydrogen-bond donors (Lipinski definition) is 2. The molecule has 1 aliphatic carbocycles. The zero-order valence-electron chi connectivity index (χ0n) is 11.6. The Morgan fingerprint density at radius 3 is 2.67 bits per heavy atom. The quantitative estimate of drug-likeness (QED) is 0.711. The van der Waals surface area contributed by atoms with Crippen molar-refractivity contribution in [3.63, 3.8) is 0 Å². The van der Waals surface area contributed by atoms with Crippen LogP contribution in [-0.4, -0.2) is 49.6 Å². The van der Waals surface area contributed by atoms with Crippen molar-refractivity contribution in [2.45, 2.75) is 45.1 Å². The van der Waals surface area contributed by atoms with Gasteiger partial charge in [-0.1, -0.05) is 6.42 Å². The molecule has 1 saturated heterocycles. The first-order valence-corrected chi connectivity index (χ1v) is 7.46. The normalized spacial score (nSPS) is 22.7. The van der Waals surface area contributed by atoms with Crippen LogP contribution >= 0.6 is 0 Å². The number of nitrogens with zero attached hydrogens (tertiary/aromatic N) is 1. The van der Waals surface area contributed by atoms with Crippen LogP contribution in [0, 0.1) is 5.92 Å². The van der Waals surface area contributed by atoms with Crippen molar-refractivity contribution >= 4 is 5.91 Å². The molecule has 1 amide bonds. The third-order valence-corrected chi connectivity index (χ3v) is 3.80. The molecular weight excluding hydrogens is 226 g/mol. The lowest BCUT2D eigenvalue weighted by Crippen LogP contribution is -2.46. The highest BCUT2D eigenvalue weighted by Gasteiger charge is 2.21. The molecule has 2 N–H and O–H groups in total. The topological polar surface area (TPSA) is 44.4 Å². The van der Waals surface area contributed by atoms with E-state index in [2.05, 4.69) is 22.5 Å². The van der Waals surface area contributed by atoms with Crippen molar-refractivity contribution in [2.75, 3.05) is 32.7 Å². The lowest BCUT2D eigenvalue weighted by molar-refractivity contribution is -0.121. The van der Waals surface area contributed by atoms with Gasteiger partial charge in [-0.2, -0.15) is 0 Å². The molecule has 1 atom stereocenters. The highest BCUT2D eigenvalue weighted by Crippen LogP contribution is 2.27. The van der Waals surface area contributed by atoms with Crippen LogP contribution in [0.5, 0.6) is 0 Å². The maximum atomic E-state index is 11.7. The summed E-state index contributed by atoms with van der Waals surface area (Å²) in [6, 6.07) is 0.262. The van der Waals surface area contributed by atoms with Crippen molar-refractivity contribution < 1.29 is 4.79 Å². The third kappa shape index (κ3) is 5.36. The minimum atomic E-state index is 0.139. The molecule has 1 saturated carbocycles. The Morgan fingerprint density at radius 1 is 1.28 bits per heavy atom. The van der Waals surface area contributed by atoms with Gasteiger partial charge in [-0.15, -0.1) is 0 Å². The minimum absolute atomic E-state index is 0.139. The summed E-state index contributed by atoms with van der Waals surface area (Å²) in [7, 11) is 0. The number of likely N-dealkylation sites (tertiary alicyclic amines) is 1. The van der Waals surface area contributed by atoms with E-state index in [0.717, 1.165) is 19.0 Å². The predicted octanol–water partition coefficient (Wildman–Crippen LogP) is 0.977. The number of hydrogen-bond acceptors (Lipinski definition) is 3. The third-order valence-electron chi connectivity index (χ3n) is 3.80. The molecule has 0 aromatic rings. The maximum Gasteiger partial charge on any atom is 0.234 e. The molecule has 4 heteroatoms. The zero-order valence-corrected chi connectivity index (χ0v) is 11.6. The molecule has 0 spiro atoms. The van der Waals surface area contributed by atoms with Gasteiger partial charge < -0.3 is 15.5 Å². The molecular formula is C14H27N3O.